The van der Waals surface area contributed by atoms with Gasteiger partial charge in [-0.3, -0.25) is 4.79 Å². The van der Waals surface area contributed by atoms with Crippen LogP contribution in [0.15, 0.2) is 24.4 Å². The molecule has 2 rings (SSSR count). The summed E-state index contributed by atoms with van der Waals surface area (Å²) in [4.78, 5) is 14.1. The van der Waals surface area contributed by atoms with Crippen molar-refractivity contribution in [2.75, 3.05) is 6.61 Å². The molecular weight excluding hydrogens is 228 g/mol. The summed E-state index contributed by atoms with van der Waals surface area (Å²) in [5, 5.41) is 0.416. The van der Waals surface area contributed by atoms with Gasteiger partial charge in [-0.2, -0.15) is 0 Å². The molecule has 0 aliphatic carbocycles. The summed E-state index contributed by atoms with van der Waals surface area (Å²) in [7, 11) is 0. The van der Waals surface area contributed by atoms with Gasteiger partial charge in [-0.15, -0.1) is 0 Å². The third kappa shape index (κ3) is 2.00. The van der Waals surface area contributed by atoms with Crippen LogP contribution in [-0.4, -0.2) is 23.8 Å². The molecule has 0 atom stereocenters. The molecule has 0 aliphatic rings. The van der Waals surface area contributed by atoms with Crippen molar-refractivity contribution in [3.8, 4) is 5.75 Å². The standard InChI is InChI=1S/C12H11F2NO2/c1-2-17-9-5-3-4-8-10(9)7(6-15-8)11(16)12(13)14/h3-6,12,15H,2H2,1H3. The van der Waals surface area contributed by atoms with Crippen molar-refractivity contribution in [2.45, 2.75) is 13.3 Å². The highest BCUT2D eigenvalue weighted by atomic mass is 19.3. The molecule has 3 nitrogen and oxygen atoms in total. The third-order valence-corrected chi connectivity index (χ3v) is 2.43. The molecule has 2 aromatic rings. The van der Waals surface area contributed by atoms with Crippen molar-refractivity contribution in [1.29, 1.82) is 0 Å². The van der Waals surface area contributed by atoms with E-state index in [1.165, 1.54) is 6.20 Å². The van der Waals surface area contributed by atoms with E-state index in [4.69, 9.17) is 4.74 Å². The van der Waals surface area contributed by atoms with Gasteiger partial charge in [0, 0.05) is 11.7 Å². The largest absolute Gasteiger partial charge is 0.493 e. The van der Waals surface area contributed by atoms with Crippen LogP contribution in [0, 0.1) is 0 Å². The van der Waals surface area contributed by atoms with Crippen molar-refractivity contribution < 1.29 is 18.3 Å². The lowest BCUT2D eigenvalue weighted by atomic mass is 10.1. The van der Waals surface area contributed by atoms with Crippen molar-refractivity contribution in [3.05, 3.63) is 30.0 Å². The number of hydrogen-bond donors (Lipinski definition) is 1. The lowest BCUT2D eigenvalue weighted by Crippen LogP contribution is -2.09. The van der Waals surface area contributed by atoms with E-state index in [1.54, 1.807) is 25.1 Å². The first-order valence-electron chi connectivity index (χ1n) is 5.20. The molecule has 0 amide bonds. The molecule has 0 saturated heterocycles. The van der Waals surface area contributed by atoms with Crippen molar-refractivity contribution >= 4 is 16.7 Å². The van der Waals surface area contributed by atoms with E-state index in [0.29, 0.717) is 23.3 Å². The lowest BCUT2D eigenvalue weighted by Gasteiger charge is -2.06. The first-order chi connectivity index (χ1) is 8.15. The van der Waals surface area contributed by atoms with Crippen LogP contribution in [0.4, 0.5) is 8.78 Å². The minimum absolute atomic E-state index is 0.0287. The van der Waals surface area contributed by atoms with Crippen LogP contribution in [-0.2, 0) is 0 Å². The van der Waals surface area contributed by atoms with Gasteiger partial charge in [0.25, 0.3) is 0 Å². The van der Waals surface area contributed by atoms with Crippen molar-refractivity contribution in [3.63, 3.8) is 0 Å². The molecule has 1 aromatic heterocycles. The Morgan fingerprint density at radius 1 is 1.47 bits per heavy atom. The van der Waals surface area contributed by atoms with Gasteiger partial charge in [-0.1, -0.05) is 6.07 Å². The van der Waals surface area contributed by atoms with Crippen LogP contribution >= 0.6 is 0 Å². The van der Waals surface area contributed by atoms with Gasteiger partial charge < -0.3 is 9.72 Å². The Balaban J connectivity index is 2.61. The van der Waals surface area contributed by atoms with E-state index < -0.39 is 12.2 Å². The van der Waals surface area contributed by atoms with Gasteiger partial charge in [0.1, 0.15) is 5.75 Å². The van der Waals surface area contributed by atoms with Crippen molar-refractivity contribution in [1.82, 2.24) is 4.98 Å². The number of ketones is 1. The first-order valence-corrected chi connectivity index (χ1v) is 5.20. The third-order valence-electron chi connectivity index (χ3n) is 2.43. The summed E-state index contributed by atoms with van der Waals surface area (Å²) in [6, 6.07) is 5.10. The number of carbonyl (C=O) groups is 1. The van der Waals surface area contributed by atoms with E-state index >= 15 is 0 Å². The summed E-state index contributed by atoms with van der Waals surface area (Å²) in [6.45, 7) is 2.20. The maximum absolute atomic E-state index is 12.4. The number of ether oxygens (including phenoxy) is 1. The average molecular weight is 239 g/mol. The number of aromatic amines is 1. The zero-order valence-electron chi connectivity index (χ0n) is 9.17. The molecule has 17 heavy (non-hydrogen) atoms. The number of halogens is 2. The Morgan fingerprint density at radius 3 is 2.88 bits per heavy atom. The Morgan fingerprint density at radius 2 is 2.24 bits per heavy atom. The Labute approximate surface area is 96.4 Å². The van der Waals surface area contributed by atoms with Gasteiger partial charge in [0.05, 0.1) is 17.6 Å². The molecule has 0 spiro atoms. The molecule has 0 bridgehead atoms. The maximum Gasteiger partial charge on any atom is 0.300 e. The van der Waals surface area contributed by atoms with Crippen LogP contribution in [0.1, 0.15) is 17.3 Å². The van der Waals surface area contributed by atoms with Gasteiger partial charge >= 0.3 is 6.43 Å². The number of carbonyl (C=O) groups excluding carboxylic acids is 1. The normalized spacial score (nSPS) is 11.1. The van der Waals surface area contributed by atoms with Crippen molar-refractivity contribution in [2.24, 2.45) is 0 Å². The van der Waals surface area contributed by atoms with E-state index in [1.807, 2.05) is 0 Å². The number of alkyl halides is 2. The second-order valence-corrected chi connectivity index (χ2v) is 3.48. The quantitative estimate of drug-likeness (QED) is 0.833. The van der Waals surface area contributed by atoms with Crippen LogP contribution < -0.4 is 4.74 Å². The Hall–Kier alpha value is -1.91. The fourth-order valence-electron chi connectivity index (χ4n) is 1.74. The SMILES string of the molecule is CCOc1cccc2[nH]cc(C(=O)C(F)F)c12. The highest BCUT2D eigenvalue weighted by Gasteiger charge is 2.23. The Kier molecular flexibility index (Phi) is 3.08. The molecule has 0 saturated carbocycles. The maximum atomic E-state index is 12.4. The lowest BCUT2D eigenvalue weighted by molar-refractivity contribution is 0.0680. The highest BCUT2D eigenvalue weighted by Crippen LogP contribution is 2.30. The van der Waals surface area contributed by atoms with Crippen LogP contribution in [0.3, 0.4) is 0 Å². The second-order valence-electron chi connectivity index (χ2n) is 3.48. The van der Waals surface area contributed by atoms with Crippen LogP contribution in [0.5, 0.6) is 5.75 Å². The number of rotatable bonds is 4. The van der Waals surface area contributed by atoms with Gasteiger partial charge in [-0.25, -0.2) is 8.78 Å². The van der Waals surface area contributed by atoms with E-state index in [-0.39, 0.29) is 5.56 Å². The van der Waals surface area contributed by atoms with Crippen LogP contribution in [0.25, 0.3) is 10.9 Å². The predicted molar refractivity (Wildman–Crippen MR) is 59.8 cm³/mol. The number of nitrogens with one attached hydrogen (secondary N) is 1. The van der Waals surface area contributed by atoms with E-state index in [9.17, 15) is 13.6 Å². The zero-order valence-corrected chi connectivity index (χ0v) is 9.17. The summed E-state index contributed by atoms with van der Waals surface area (Å²) in [5.41, 5.74) is 0.582. The number of fused-ring (bicyclic) bond motifs is 1. The summed E-state index contributed by atoms with van der Waals surface area (Å²) >= 11 is 0. The average Bonchev–Trinajstić information content (AvgIpc) is 2.73. The fraction of sp³-hybridized carbons (Fsp3) is 0.250. The molecular formula is C12H11F2NO2. The summed E-state index contributed by atoms with van der Waals surface area (Å²) in [5.74, 6) is -0.751. The van der Waals surface area contributed by atoms with E-state index in [0.717, 1.165) is 0 Å². The predicted octanol–water partition coefficient (Wildman–Crippen LogP) is 3.01. The monoisotopic (exact) mass is 239 g/mol. The minimum atomic E-state index is -3.01. The smallest absolute Gasteiger partial charge is 0.300 e. The van der Waals surface area contributed by atoms with Gasteiger partial charge in [0.2, 0.25) is 5.78 Å². The number of hydrogen-bond acceptors (Lipinski definition) is 2. The fourth-order valence-corrected chi connectivity index (χ4v) is 1.74. The topological polar surface area (TPSA) is 42.1 Å². The molecule has 90 valence electrons. The summed E-state index contributed by atoms with van der Waals surface area (Å²) in [6.07, 6.45) is -1.72. The van der Waals surface area contributed by atoms with Gasteiger partial charge in [-0.05, 0) is 19.1 Å². The number of H-pyrrole nitrogens is 1. The summed E-state index contributed by atoms with van der Waals surface area (Å²) < 4.78 is 30.2. The zero-order chi connectivity index (χ0) is 12.4. The Bertz CT molecular complexity index is 548. The number of aromatic nitrogens is 1. The minimum Gasteiger partial charge on any atom is -0.493 e. The first kappa shape index (κ1) is 11.6. The number of benzene rings is 1. The number of Topliss-reactive ketones (excluding diaryl/α,β-unsaturated/α-hetero) is 1. The molecule has 0 radical (unpaired) electrons. The molecule has 5 heteroatoms. The second kappa shape index (κ2) is 4.53. The van der Waals surface area contributed by atoms with Crippen LogP contribution in [0.2, 0.25) is 0 Å². The molecule has 0 unspecified atom stereocenters. The molecule has 0 fully saturated rings. The van der Waals surface area contributed by atoms with E-state index in [2.05, 4.69) is 4.98 Å². The molecule has 1 aromatic carbocycles. The van der Waals surface area contributed by atoms with Gasteiger partial charge in [0.15, 0.2) is 0 Å². The highest BCUT2D eigenvalue weighted by molar-refractivity contribution is 6.11. The molecule has 0 aliphatic heterocycles. The molecule has 1 N–H and O–H groups in total. The molecule has 1 heterocycles.